The van der Waals surface area contributed by atoms with E-state index in [9.17, 15) is 50.4 Å². The fourth-order valence-corrected chi connectivity index (χ4v) is 4.91. The number of esters is 1. The van der Waals surface area contributed by atoms with Crippen molar-refractivity contribution in [1.29, 1.82) is 0 Å². The van der Waals surface area contributed by atoms with Crippen LogP contribution < -0.4 is 0 Å². The SMILES string of the molecule is C[C@@H](O)[C@@H](C)C(=O)OCc1cc(O)c2c(c1)[C@](O)([C@@H]1O[C@H](CO)[C@@H](O)[C@H](O)[C@H]1O)c1cccc(O)c1C2=O. The lowest BCUT2D eigenvalue weighted by Gasteiger charge is -2.49. The zero-order valence-corrected chi connectivity index (χ0v) is 20.6. The molecule has 4 rings (SSSR count). The largest absolute Gasteiger partial charge is 0.507 e. The standard InChI is InChI=1S/C26H30O12/c1-10(11(2)28)25(35)37-9-12-6-14-19(16(30)7-12)21(32)18-13(4-3-5-15(18)29)26(14,36)24-23(34)22(33)20(31)17(8-27)38-24/h3-7,10-11,17,20,22-24,27-31,33-34,36H,8-9H2,1-2H3/t10-,11-,17-,20-,22+,23-,24-,26+/m1/s1. The van der Waals surface area contributed by atoms with Gasteiger partial charge < -0.3 is 50.3 Å². The number of hydrogen-bond acceptors (Lipinski definition) is 12. The Morgan fingerprint density at radius 3 is 2.32 bits per heavy atom. The van der Waals surface area contributed by atoms with Crippen LogP contribution in [-0.4, -0.2) is 95.8 Å². The van der Waals surface area contributed by atoms with Crippen LogP contribution in [0.3, 0.4) is 0 Å². The Morgan fingerprint density at radius 2 is 1.68 bits per heavy atom. The Labute approximate surface area is 216 Å². The van der Waals surface area contributed by atoms with Gasteiger partial charge in [0.2, 0.25) is 5.78 Å². The van der Waals surface area contributed by atoms with Gasteiger partial charge in [-0.3, -0.25) is 9.59 Å². The predicted molar refractivity (Wildman–Crippen MR) is 127 cm³/mol. The van der Waals surface area contributed by atoms with E-state index in [0.717, 1.165) is 6.07 Å². The minimum absolute atomic E-state index is 0.117. The first-order valence-electron chi connectivity index (χ1n) is 12.0. The number of aliphatic hydroxyl groups is 6. The van der Waals surface area contributed by atoms with Crippen LogP contribution in [0, 0.1) is 5.92 Å². The molecule has 0 amide bonds. The number of carbonyl (C=O) groups is 2. The molecule has 2 aromatic carbocycles. The molecule has 1 aliphatic heterocycles. The van der Waals surface area contributed by atoms with Crippen molar-refractivity contribution in [3.05, 3.63) is 58.1 Å². The van der Waals surface area contributed by atoms with Crippen LogP contribution in [0.25, 0.3) is 0 Å². The highest BCUT2D eigenvalue weighted by atomic mass is 16.6. The maximum atomic E-state index is 13.4. The van der Waals surface area contributed by atoms with Crippen LogP contribution in [0.1, 0.15) is 46.5 Å². The van der Waals surface area contributed by atoms with Crippen molar-refractivity contribution in [2.24, 2.45) is 5.92 Å². The molecule has 2 aromatic rings. The zero-order valence-electron chi connectivity index (χ0n) is 20.6. The monoisotopic (exact) mass is 534 g/mol. The van der Waals surface area contributed by atoms with Crippen LogP contribution in [0.2, 0.25) is 0 Å². The lowest BCUT2D eigenvalue weighted by Crippen LogP contribution is -2.65. The molecule has 1 fully saturated rings. The lowest BCUT2D eigenvalue weighted by atomic mass is 9.68. The maximum absolute atomic E-state index is 13.4. The summed E-state index contributed by atoms with van der Waals surface area (Å²) in [4.78, 5) is 25.6. The molecule has 38 heavy (non-hydrogen) atoms. The van der Waals surface area contributed by atoms with Crippen molar-refractivity contribution in [3.63, 3.8) is 0 Å². The minimum Gasteiger partial charge on any atom is -0.507 e. The number of ketones is 1. The molecule has 1 aliphatic carbocycles. The maximum Gasteiger partial charge on any atom is 0.311 e. The second-order valence-electron chi connectivity index (χ2n) is 9.72. The van der Waals surface area contributed by atoms with E-state index in [2.05, 4.69) is 0 Å². The van der Waals surface area contributed by atoms with Gasteiger partial charge in [0.1, 0.15) is 54.2 Å². The summed E-state index contributed by atoms with van der Waals surface area (Å²) < 4.78 is 10.9. The highest BCUT2D eigenvalue weighted by molar-refractivity contribution is 6.16. The van der Waals surface area contributed by atoms with Gasteiger partial charge in [0.15, 0.2) is 0 Å². The lowest BCUT2D eigenvalue weighted by molar-refractivity contribution is -0.265. The fraction of sp³-hybridized carbons (Fsp3) is 0.462. The Balaban J connectivity index is 1.88. The third-order valence-corrected chi connectivity index (χ3v) is 7.28. The van der Waals surface area contributed by atoms with E-state index >= 15 is 0 Å². The number of aliphatic hydroxyl groups excluding tert-OH is 5. The zero-order chi connectivity index (χ0) is 28.1. The quantitative estimate of drug-likeness (QED) is 0.205. The number of ether oxygens (including phenoxy) is 2. The molecule has 0 radical (unpaired) electrons. The van der Waals surface area contributed by atoms with Crippen molar-refractivity contribution in [1.82, 2.24) is 0 Å². The smallest absolute Gasteiger partial charge is 0.311 e. The molecule has 12 heteroatoms. The number of hydrogen-bond donors (Lipinski definition) is 8. The summed E-state index contributed by atoms with van der Waals surface area (Å²) in [6.45, 7) is 1.65. The second kappa shape index (κ2) is 10.2. The third-order valence-electron chi connectivity index (χ3n) is 7.28. The number of phenols is 2. The van der Waals surface area contributed by atoms with Crippen LogP contribution in [-0.2, 0) is 26.5 Å². The van der Waals surface area contributed by atoms with Crippen molar-refractivity contribution in [3.8, 4) is 11.5 Å². The van der Waals surface area contributed by atoms with E-state index in [1.165, 1.54) is 38.1 Å². The van der Waals surface area contributed by atoms with Crippen LogP contribution in [0.5, 0.6) is 11.5 Å². The summed E-state index contributed by atoms with van der Waals surface area (Å²) in [7, 11) is 0. The molecule has 12 nitrogen and oxygen atoms in total. The van der Waals surface area contributed by atoms with Crippen LogP contribution in [0.4, 0.5) is 0 Å². The summed E-state index contributed by atoms with van der Waals surface area (Å²) in [6, 6.07) is 6.15. The predicted octanol–water partition coefficient (Wildman–Crippen LogP) is -1.22. The van der Waals surface area contributed by atoms with Gasteiger partial charge in [0.25, 0.3) is 0 Å². The summed E-state index contributed by atoms with van der Waals surface area (Å²) in [5.74, 6) is -3.63. The number of benzene rings is 2. The Kier molecular flexibility index (Phi) is 7.51. The first-order chi connectivity index (χ1) is 17.8. The van der Waals surface area contributed by atoms with Gasteiger partial charge in [0, 0.05) is 11.1 Å². The normalized spacial score (nSPS) is 30.2. The van der Waals surface area contributed by atoms with Crippen molar-refractivity contribution in [2.45, 2.75) is 62.7 Å². The number of phenolic OH excluding ortho intramolecular Hbond substituents is 2. The third kappa shape index (κ3) is 4.33. The molecule has 1 heterocycles. The summed E-state index contributed by atoms with van der Waals surface area (Å²) >= 11 is 0. The molecule has 0 saturated carbocycles. The summed E-state index contributed by atoms with van der Waals surface area (Å²) in [6.07, 6.45) is -9.78. The summed E-state index contributed by atoms with van der Waals surface area (Å²) in [5, 5.41) is 84.4. The van der Waals surface area contributed by atoms with Gasteiger partial charge >= 0.3 is 5.97 Å². The van der Waals surface area contributed by atoms with Gasteiger partial charge in [0.05, 0.1) is 29.8 Å². The molecular weight excluding hydrogens is 504 g/mol. The number of aromatic hydroxyl groups is 2. The second-order valence-corrected chi connectivity index (χ2v) is 9.72. The van der Waals surface area contributed by atoms with Crippen LogP contribution in [0.15, 0.2) is 30.3 Å². The van der Waals surface area contributed by atoms with Crippen molar-refractivity contribution < 1.29 is 59.9 Å². The average molecular weight is 535 g/mol. The van der Waals surface area contributed by atoms with E-state index < -0.39 is 90.2 Å². The first-order valence-corrected chi connectivity index (χ1v) is 12.0. The Bertz CT molecular complexity index is 1240. The molecule has 206 valence electrons. The highest BCUT2D eigenvalue weighted by Gasteiger charge is 2.58. The topological polar surface area (TPSA) is 214 Å². The van der Waals surface area contributed by atoms with Crippen molar-refractivity contribution >= 4 is 11.8 Å². The van der Waals surface area contributed by atoms with Gasteiger partial charge in [-0.2, -0.15) is 0 Å². The van der Waals surface area contributed by atoms with Gasteiger partial charge in [-0.1, -0.05) is 12.1 Å². The average Bonchev–Trinajstić information content (AvgIpc) is 2.88. The van der Waals surface area contributed by atoms with Gasteiger partial charge in [-0.25, -0.2) is 0 Å². The minimum atomic E-state index is -2.52. The molecule has 2 aliphatic rings. The molecule has 0 spiro atoms. The van der Waals surface area contributed by atoms with E-state index in [1.54, 1.807) is 0 Å². The molecule has 0 unspecified atom stereocenters. The summed E-state index contributed by atoms with van der Waals surface area (Å²) in [5.41, 5.74) is -3.75. The number of fused-ring (bicyclic) bond motifs is 2. The molecule has 0 bridgehead atoms. The van der Waals surface area contributed by atoms with Gasteiger partial charge in [-0.15, -0.1) is 0 Å². The van der Waals surface area contributed by atoms with Crippen molar-refractivity contribution in [2.75, 3.05) is 6.61 Å². The van der Waals surface area contributed by atoms with E-state index in [4.69, 9.17) is 9.47 Å². The fourth-order valence-electron chi connectivity index (χ4n) is 4.91. The number of rotatable bonds is 6. The van der Waals surface area contributed by atoms with Crippen LogP contribution >= 0.6 is 0 Å². The first kappa shape index (κ1) is 27.9. The molecular formula is C26H30O12. The molecule has 8 atom stereocenters. The molecule has 1 saturated heterocycles. The van der Waals surface area contributed by atoms with Gasteiger partial charge in [-0.05, 0) is 37.6 Å². The molecule has 0 aromatic heterocycles. The highest BCUT2D eigenvalue weighted by Crippen LogP contribution is 2.50. The van der Waals surface area contributed by atoms with E-state index in [1.807, 2.05) is 0 Å². The Morgan fingerprint density at radius 1 is 1.03 bits per heavy atom. The van der Waals surface area contributed by atoms with E-state index in [-0.39, 0.29) is 22.3 Å². The van der Waals surface area contributed by atoms with E-state index in [0.29, 0.717) is 0 Å². The Hall–Kier alpha value is -3.10. The molecule has 8 N–H and O–H groups in total. The number of carbonyl (C=O) groups excluding carboxylic acids is 2.